The van der Waals surface area contributed by atoms with Gasteiger partial charge in [0, 0.05) is 37.2 Å². The average molecular weight is 401 g/mol. The zero-order valence-corrected chi connectivity index (χ0v) is 16.1. The van der Waals surface area contributed by atoms with E-state index in [1.807, 2.05) is 12.1 Å². The van der Waals surface area contributed by atoms with Crippen molar-refractivity contribution in [3.05, 3.63) is 78.1 Å². The van der Waals surface area contributed by atoms with E-state index in [9.17, 15) is 14.0 Å². The molecule has 154 valence electrons. The summed E-state index contributed by atoms with van der Waals surface area (Å²) in [5.41, 5.74) is 1.28. The first-order valence-electron chi connectivity index (χ1n) is 9.15. The standard InChI is InChI=1S/C18H20FNO.C4H4O4/c1-20-11-10-18(21-16-9-5-8-15(19)12-16)17(13-20)14-6-3-2-4-7-14;5-3(6)1-2-4(7)8/h2-9,12,17-18H,10-11,13H2,1H3;1-2H,(H,5,6)(H,7,8)/b;2-1+/t17-,18-;/m1./s1. The van der Waals surface area contributed by atoms with Crippen molar-refractivity contribution >= 4 is 11.9 Å². The molecular formula is C22H24FNO5. The zero-order valence-electron chi connectivity index (χ0n) is 16.1. The highest BCUT2D eigenvalue weighted by atomic mass is 19.1. The summed E-state index contributed by atoms with van der Waals surface area (Å²) in [5.74, 6) is -1.84. The first-order chi connectivity index (χ1) is 13.8. The molecule has 2 aromatic carbocycles. The SMILES string of the molecule is CN1CC[C@@H](Oc2cccc(F)c2)[C@@H](c2ccccc2)C1.O=C(O)/C=C/C(=O)O. The van der Waals surface area contributed by atoms with E-state index in [0.717, 1.165) is 19.5 Å². The van der Waals surface area contributed by atoms with Crippen molar-refractivity contribution in [3.8, 4) is 5.75 Å². The Morgan fingerprint density at radius 3 is 2.31 bits per heavy atom. The van der Waals surface area contributed by atoms with E-state index in [-0.39, 0.29) is 11.9 Å². The molecule has 2 aromatic rings. The van der Waals surface area contributed by atoms with E-state index >= 15 is 0 Å². The van der Waals surface area contributed by atoms with Crippen molar-refractivity contribution < 1.29 is 28.9 Å². The normalized spacial score (nSPS) is 19.2. The highest BCUT2D eigenvalue weighted by Gasteiger charge is 2.30. The largest absolute Gasteiger partial charge is 0.490 e. The third-order valence-electron chi connectivity index (χ3n) is 4.43. The molecule has 0 saturated carbocycles. The Morgan fingerprint density at radius 1 is 1.07 bits per heavy atom. The van der Waals surface area contributed by atoms with Crippen molar-refractivity contribution in [1.29, 1.82) is 0 Å². The van der Waals surface area contributed by atoms with Crippen molar-refractivity contribution in [2.75, 3.05) is 20.1 Å². The molecule has 1 saturated heterocycles. The molecule has 0 unspecified atom stereocenters. The third kappa shape index (κ3) is 7.75. The van der Waals surface area contributed by atoms with Gasteiger partial charge in [-0.1, -0.05) is 36.4 Å². The number of halogens is 1. The topological polar surface area (TPSA) is 87.1 Å². The number of benzene rings is 2. The Kier molecular flexibility index (Phi) is 8.36. The molecule has 1 aliphatic heterocycles. The number of carboxylic acids is 2. The molecule has 2 atom stereocenters. The van der Waals surface area contributed by atoms with Crippen LogP contribution in [0.2, 0.25) is 0 Å². The minimum atomic E-state index is -1.26. The van der Waals surface area contributed by atoms with Gasteiger partial charge in [0.15, 0.2) is 0 Å². The molecule has 0 bridgehead atoms. The summed E-state index contributed by atoms with van der Waals surface area (Å²) in [7, 11) is 2.13. The summed E-state index contributed by atoms with van der Waals surface area (Å²) in [5, 5.41) is 15.6. The monoisotopic (exact) mass is 401 g/mol. The number of hydrogen-bond donors (Lipinski definition) is 2. The van der Waals surface area contributed by atoms with E-state index < -0.39 is 11.9 Å². The van der Waals surface area contributed by atoms with Gasteiger partial charge in [0.1, 0.15) is 17.7 Å². The number of nitrogens with zero attached hydrogens (tertiary/aromatic N) is 1. The first kappa shape index (κ1) is 22.1. The summed E-state index contributed by atoms with van der Waals surface area (Å²) < 4.78 is 19.4. The van der Waals surface area contributed by atoms with Crippen LogP contribution in [0.25, 0.3) is 0 Å². The number of rotatable bonds is 5. The maximum Gasteiger partial charge on any atom is 0.328 e. The van der Waals surface area contributed by atoms with Gasteiger partial charge in [0.05, 0.1) is 0 Å². The van der Waals surface area contributed by atoms with Gasteiger partial charge in [-0.2, -0.15) is 0 Å². The van der Waals surface area contributed by atoms with Gasteiger partial charge in [-0.3, -0.25) is 0 Å². The Balaban J connectivity index is 0.000000321. The molecular weight excluding hydrogens is 377 g/mol. The van der Waals surface area contributed by atoms with E-state index in [1.165, 1.54) is 17.7 Å². The number of piperidine rings is 1. The van der Waals surface area contributed by atoms with Gasteiger partial charge >= 0.3 is 11.9 Å². The second-order valence-corrected chi connectivity index (χ2v) is 6.69. The molecule has 1 aliphatic rings. The van der Waals surface area contributed by atoms with Crippen LogP contribution in [0.5, 0.6) is 5.75 Å². The van der Waals surface area contributed by atoms with E-state index in [2.05, 4.69) is 36.2 Å². The number of hydrogen-bond acceptors (Lipinski definition) is 4. The Labute approximate surface area is 168 Å². The van der Waals surface area contributed by atoms with Crippen LogP contribution >= 0.6 is 0 Å². The van der Waals surface area contributed by atoms with Crippen LogP contribution in [-0.2, 0) is 9.59 Å². The van der Waals surface area contributed by atoms with Crippen LogP contribution in [-0.4, -0.2) is 53.3 Å². The van der Waals surface area contributed by atoms with Crippen LogP contribution in [0.15, 0.2) is 66.7 Å². The van der Waals surface area contributed by atoms with Gasteiger partial charge in [0.25, 0.3) is 0 Å². The Morgan fingerprint density at radius 2 is 1.72 bits per heavy atom. The maximum absolute atomic E-state index is 13.3. The molecule has 2 N–H and O–H groups in total. The predicted molar refractivity (Wildman–Crippen MR) is 107 cm³/mol. The first-order valence-corrected chi connectivity index (χ1v) is 9.15. The van der Waals surface area contributed by atoms with Crippen LogP contribution in [0.4, 0.5) is 4.39 Å². The van der Waals surface area contributed by atoms with Gasteiger partial charge in [-0.25, -0.2) is 14.0 Å². The molecule has 6 nitrogen and oxygen atoms in total. The molecule has 0 spiro atoms. The summed E-state index contributed by atoms with van der Waals surface area (Å²) in [4.78, 5) is 21.4. The second-order valence-electron chi connectivity index (χ2n) is 6.69. The second kappa shape index (κ2) is 11.0. The molecule has 0 amide bonds. The number of likely N-dealkylation sites (tertiary alicyclic amines) is 1. The Bertz CT molecular complexity index is 824. The molecule has 0 aromatic heterocycles. The molecule has 1 fully saturated rings. The Hall–Kier alpha value is -3.19. The van der Waals surface area contributed by atoms with Gasteiger partial charge < -0.3 is 19.8 Å². The minimum Gasteiger partial charge on any atom is -0.490 e. The summed E-state index contributed by atoms with van der Waals surface area (Å²) in [6.07, 6.45) is 2.16. The molecule has 0 radical (unpaired) electrons. The molecule has 0 aliphatic carbocycles. The lowest BCUT2D eigenvalue weighted by Crippen LogP contribution is -2.42. The van der Waals surface area contributed by atoms with Gasteiger partial charge in [-0.05, 0) is 31.2 Å². The van der Waals surface area contributed by atoms with Crippen molar-refractivity contribution in [2.24, 2.45) is 0 Å². The van der Waals surface area contributed by atoms with Crippen LogP contribution in [0.1, 0.15) is 17.9 Å². The van der Waals surface area contributed by atoms with Crippen LogP contribution in [0.3, 0.4) is 0 Å². The summed E-state index contributed by atoms with van der Waals surface area (Å²) in [6.45, 7) is 1.97. The van der Waals surface area contributed by atoms with Gasteiger partial charge in [0.2, 0.25) is 0 Å². The number of carboxylic acid groups (broad SMARTS) is 2. The minimum absolute atomic E-state index is 0.0883. The van der Waals surface area contributed by atoms with Gasteiger partial charge in [-0.15, -0.1) is 0 Å². The van der Waals surface area contributed by atoms with Crippen molar-refractivity contribution in [1.82, 2.24) is 4.90 Å². The smallest absolute Gasteiger partial charge is 0.328 e. The molecule has 1 heterocycles. The van der Waals surface area contributed by atoms with Crippen LogP contribution < -0.4 is 4.74 Å². The zero-order chi connectivity index (χ0) is 21.2. The van der Waals surface area contributed by atoms with Crippen molar-refractivity contribution in [3.63, 3.8) is 0 Å². The lowest BCUT2D eigenvalue weighted by atomic mass is 9.88. The highest BCUT2D eigenvalue weighted by Crippen LogP contribution is 2.30. The van der Waals surface area contributed by atoms with E-state index in [0.29, 0.717) is 23.8 Å². The predicted octanol–water partition coefficient (Wildman–Crippen LogP) is 3.40. The lowest BCUT2D eigenvalue weighted by molar-refractivity contribution is -0.134. The summed E-state index contributed by atoms with van der Waals surface area (Å²) >= 11 is 0. The van der Waals surface area contributed by atoms with Crippen molar-refractivity contribution in [2.45, 2.75) is 18.4 Å². The third-order valence-corrected chi connectivity index (χ3v) is 4.43. The molecule has 3 rings (SSSR count). The number of aliphatic carboxylic acids is 2. The number of likely N-dealkylation sites (N-methyl/N-ethyl adjacent to an activating group) is 1. The van der Waals surface area contributed by atoms with E-state index in [4.69, 9.17) is 14.9 Å². The maximum atomic E-state index is 13.3. The number of ether oxygens (including phenoxy) is 1. The molecule has 7 heteroatoms. The quantitative estimate of drug-likeness (QED) is 0.747. The fourth-order valence-electron chi connectivity index (χ4n) is 3.11. The summed E-state index contributed by atoms with van der Waals surface area (Å²) in [6, 6.07) is 16.8. The average Bonchev–Trinajstić information content (AvgIpc) is 2.69. The van der Waals surface area contributed by atoms with E-state index in [1.54, 1.807) is 6.07 Å². The van der Waals surface area contributed by atoms with Crippen LogP contribution in [0, 0.1) is 5.82 Å². The fourth-order valence-corrected chi connectivity index (χ4v) is 3.11. The molecule has 29 heavy (non-hydrogen) atoms. The fraction of sp³-hybridized carbons (Fsp3) is 0.273. The number of carbonyl (C=O) groups is 2. The lowest BCUT2D eigenvalue weighted by Gasteiger charge is -2.37. The highest BCUT2D eigenvalue weighted by molar-refractivity contribution is 5.89.